The fourth-order valence-electron chi connectivity index (χ4n) is 3.88. The first kappa shape index (κ1) is 19.5. The van der Waals surface area contributed by atoms with Crippen molar-refractivity contribution < 1.29 is 16.8 Å². The predicted molar refractivity (Wildman–Crippen MR) is 106 cm³/mol. The van der Waals surface area contributed by atoms with Crippen molar-refractivity contribution in [2.24, 2.45) is 0 Å². The average molecular weight is 401 g/mol. The van der Waals surface area contributed by atoms with E-state index < -0.39 is 20.0 Å². The third-order valence-electron chi connectivity index (χ3n) is 5.21. The van der Waals surface area contributed by atoms with Crippen LogP contribution in [0.4, 0.5) is 11.4 Å². The van der Waals surface area contributed by atoms with Crippen molar-refractivity contribution in [2.75, 3.05) is 21.3 Å². The second kappa shape index (κ2) is 7.76. The Kier molecular flexibility index (Phi) is 5.81. The highest BCUT2D eigenvalue weighted by Gasteiger charge is 2.29. The number of nitrogens with one attached hydrogen (secondary N) is 1. The van der Waals surface area contributed by atoms with Crippen molar-refractivity contribution in [1.82, 2.24) is 0 Å². The van der Waals surface area contributed by atoms with Crippen LogP contribution in [0.1, 0.15) is 57.4 Å². The minimum atomic E-state index is -3.44. The lowest BCUT2D eigenvalue weighted by Gasteiger charge is -2.31. The molecule has 0 atom stereocenters. The van der Waals surface area contributed by atoms with Crippen LogP contribution in [0.25, 0.3) is 0 Å². The summed E-state index contributed by atoms with van der Waals surface area (Å²) in [4.78, 5) is 0. The van der Waals surface area contributed by atoms with Crippen LogP contribution in [0.5, 0.6) is 0 Å². The number of hydrogen-bond acceptors (Lipinski definition) is 4. The molecular formula is C18H28N2O4S2. The second-order valence-electron chi connectivity index (χ2n) is 7.24. The molecule has 8 heteroatoms. The molecule has 1 fully saturated rings. The van der Waals surface area contributed by atoms with Gasteiger partial charge in [0.1, 0.15) is 0 Å². The molecule has 0 amide bonds. The van der Waals surface area contributed by atoms with E-state index >= 15 is 0 Å². The molecule has 1 aliphatic carbocycles. The van der Waals surface area contributed by atoms with Gasteiger partial charge in [-0.15, -0.1) is 0 Å². The summed E-state index contributed by atoms with van der Waals surface area (Å²) in [6.07, 6.45) is 6.51. The Balaban J connectivity index is 1.87. The number of rotatable bonds is 6. The molecule has 146 valence electrons. The van der Waals surface area contributed by atoms with E-state index in [2.05, 4.69) is 4.72 Å². The summed E-state index contributed by atoms with van der Waals surface area (Å²) in [7, 11) is -6.82. The molecule has 0 radical (unpaired) electrons. The van der Waals surface area contributed by atoms with E-state index in [1.807, 2.05) is 13.0 Å². The lowest BCUT2D eigenvalue weighted by molar-refractivity contribution is 0.486. The zero-order valence-electron chi connectivity index (χ0n) is 15.3. The van der Waals surface area contributed by atoms with Gasteiger partial charge in [0.15, 0.2) is 0 Å². The molecule has 1 saturated carbocycles. The van der Waals surface area contributed by atoms with E-state index in [9.17, 15) is 16.8 Å². The van der Waals surface area contributed by atoms with Gasteiger partial charge in [0, 0.05) is 6.54 Å². The topological polar surface area (TPSA) is 83.6 Å². The van der Waals surface area contributed by atoms with Crippen LogP contribution >= 0.6 is 0 Å². The zero-order chi connectivity index (χ0) is 18.8. The van der Waals surface area contributed by atoms with Gasteiger partial charge in [-0.05, 0) is 49.8 Å². The van der Waals surface area contributed by atoms with Crippen molar-refractivity contribution >= 4 is 31.4 Å². The molecule has 2 aliphatic rings. The number of benzene rings is 1. The van der Waals surface area contributed by atoms with Gasteiger partial charge in [-0.2, -0.15) is 0 Å². The molecule has 0 unspecified atom stereocenters. The molecule has 6 nitrogen and oxygen atoms in total. The lowest BCUT2D eigenvalue weighted by atomic mass is 10.0. The van der Waals surface area contributed by atoms with E-state index in [1.165, 1.54) is 4.31 Å². The van der Waals surface area contributed by atoms with Crippen LogP contribution in [-0.2, 0) is 26.5 Å². The third-order valence-corrected chi connectivity index (χ3v) is 9.05. The number of anilines is 2. The normalized spacial score (nSPS) is 19.2. The summed E-state index contributed by atoms with van der Waals surface area (Å²) in [5, 5.41) is -0.354. The summed E-state index contributed by atoms with van der Waals surface area (Å²) in [6.45, 7) is 2.30. The third kappa shape index (κ3) is 4.17. The monoisotopic (exact) mass is 400 g/mol. The number of aryl methyl sites for hydroxylation is 1. The first-order chi connectivity index (χ1) is 12.3. The Bertz CT molecular complexity index is 844. The van der Waals surface area contributed by atoms with Gasteiger partial charge < -0.3 is 0 Å². The fraction of sp³-hybridized carbons (Fsp3) is 0.667. The van der Waals surface area contributed by atoms with Crippen molar-refractivity contribution in [3.8, 4) is 0 Å². The molecule has 3 rings (SSSR count). The predicted octanol–water partition coefficient (Wildman–Crippen LogP) is 3.25. The van der Waals surface area contributed by atoms with Crippen LogP contribution in [0.2, 0.25) is 0 Å². The van der Waals surface area contributed by atoms with E-state index in [4.69, 9.17) is 0 Å². The van der Waals surface area contributed by atoms with E-state index in [-0.39, 0.29) is 11.0 Å². The van der Waals surface area contributed by atoms with Gasteiger partial charge in [0.05, 0.1) is 22.4 Å². The Morgan fingerprint density at radius 3 is 2.50 bits per heavy atom. The van der Waals surface area contributed by atoms with Crippen LogP contribution in [0.15, 0.2) is 18.2 Å². The first-order valence-corrected chi connectivity index (χ1v) is 12.6. The second-order valence-corrected chi connectivity index (χ2v) is 11.2. The van der Waals surface area contributed by atoms with Crippen molar-refractivity contribution in [3.05, 3.63) is 23.8 Å². The van der Waals surface area contributed by atoms with Crippen LogP contribution in [-0.4, -0.2) is 34.4 Å². The first-order valence-electron chi connectivity index (χ1n) is 9.48. The van der Waals surface area contributed by atoms with E-state index in [0.29, 0.717) is 37.2 Å². The minimum Gasteiger partial charge on any atom is -0.283 e. The van der Waals surface area contributed by atoms with Crippen LogP contribution in [0.3, 0.4) is 0 Å². The molecule has 0 spiro atoms. The zero-order valence-corrected chi connectivity index (χ0v) is 16.9. The number of sulfonamides is 2. The van der Waals surface area contributed by atoms with Gasteiger partial charge in [-0.1, -0.05) is 32.3 Å². The molecule has 0 saturated heterocycles. The van der Waals surface area contributed by atoms with Gasteiger partial charge in [-0.3, -0.25) is 9.03 Å². The molecule has 1 heterocycles. The van der Waals surface area contributed by atoms with Gasteiger partial charge in [-0.25, -0.2) is 16.8 Å². The number of hydrogen-bond donors (Lipinski definition) is 1. The largest absolute Gasteiger partial charge is 0.283 e. The average Bonchev–Trinajstić information content (AvgIpc) is 2.61. The van der Waals surface area contributed by atoms with Crippen LogP contribution in [0, 0.1) is 0 Å². The van der Waals surface area contributed by atoms with Crippen LogP contribution < -0.4 is 9.03 Å². The molecule has 1 aromatic carbocycles. The fourth-order valence-corrected chi connectivity index (χ4v) is 7.07. The molecule has 0 bridgehead atoms. The van der Waals surface area contributed by atoms with Crippen molar-refractivity contribution in [2.45, 2.75) is 63.5 Å². The van der Waals surface area contributed by atoms with Crippen molar-refractivity contribution in [3.63, 3.8) is 0 Å². The maximum Gasteiger partial charge on any atom is 0.235 e. The summed E-state index contributed by atoms with van der Waals surface area (Å²) >= 11 is 0. The lowest BCUT2D eigenvalue weighted by Crippen LogP contribution is -2.37. The summed E-state index contributed by atoms with van der Waals surface area (Å²) in [5.41, 5.74) is 2.03. The molecule has 0 aromatic heterocycles. The quantitative estimate of drug-likeness (QED) is 0.794. The van der Waals surface area contributed by atoms with E-state index in [0.717, 1.165) is 37.7 Å². The van der Waals surface area contributed by atoms with Gasteiger partial charge in [0.2, 0.25) is 20.0 Å². The summed E-state index contributed by atoms with van der Waals surface area (Å²) in [5.74, 6) is 0.102. The SMILES string of the molecule is CCCS(=O)(=O)N1CCCc2ccc(NS(=O)(=O)C3CCCCC3)cc21. The van der Waals surface area contributed by atoms with Gasteiger partial charge >= 0.3 is 0 Å². The van der Waals surface area contributed by atoms with E-state index in [1.54, 1.807) is 12.1 Å². The minimum absolute atomic E-state index is 0.102. The number of fused-ring (bicyclic) bond motifs is 1. The Morgan fingerprint density at radius 1 is 1.08 bits per heavy atom. The molecule has 1 aromatic rings. The highest BCUT2D eigenvalue weighted by atomic mass is 32.2. The van der Waals surface area contributed by atoms with Gasteiger partial charge in [0.25, 0.3) is 0 Å². The smallest absolute Gasteiger partial charge is 0.235 e. The van der Waals surface area contributed by atoms with Crippen molar-refractivity contribution in [1.29, 1.82) is 0 Å². The maximum atomic E-state index is 12.7. The molecule has 1 aliphatic heterocycles. The molecular weight excluding hydrogens is 372 g/mol. The Hall–Kier alpha value is -1.28. The molecule has 26 heavy (non-hydrogen) atoms. The number of nitrogens with zero attached hydrogens (tertiary/aromatic N) is 1. The highest BCUT2D eigenvalue weighted by Crippen LogP contribution is 2.33. The molecule has 1 N–H and O–H groups in total. The summed E-state index contributed by atoms with van der Waals surface area (Å²) < 4.78 is 54.6. The summed E-state index contributed by atoms with van der Waals surface area (Å²) in [6, 6.07) is 5.28. The Morgan fingerprint density at radius 2 is 1.81 bits per heavy atom. The standard InChI is InChI=1S/C18H28N2O4S2/c1-2-13-25(21,22)20-12-6-7-15-10-11-16(14-18(15)20)19-26(23,24)17-8-4-3-5-9-17/h10-11,14,17,19H,2-9,12-13H2,1H3. The highest BCUT2D eigenvalue weighted by molar-refractivity contribution is 7.93. The maximum absolute atomic E-state index is 12.7. The Labute approximate surface area is 157 Å².